The van der Waals surface area contributed by atoms with Crippen LogP contribution in [0.15, 0.2) is 4.52 Å². The van der Waals surface area contributed by atoms with E-state index in [0.717, 1.165) is 29.9 Å². The predicted molar refractivity (Wildman–Crippen MR) is 86.1 cm³/mol. The van der Waals surface area contributed by atoms with Gasteiger partial charge in [0.05, 0.1) is 17.4 Å². The van der Waals surface area contributed by atoms with Crippen LogP contribution in [0.2, 0.25) is 0 Å². The highest BCUT2D eigenvalue weighted by Crippen LogP contribution is 2.44. The summed E-state index contributed by atoms with van der Waals surface area (Å²) in [6.45, 7) is 4.73. The third-order valence-electron chi connectivity index (χ3n) is 4.92. The zero-order chi connectivity index (χ0) is 16.6. The van der Waals surface area contributed by atoms with Crippen molar-refractivity contribution in [1.29, 1.82) is 0 Å². The average molecular weight is 338 g/mol. The zero-order valence-electron chi connectivity index (χ0n) is 13.4. The maximum atomic E-state index is 12.4. The lowest BCUT2D eigenvalue weighted by atomic mass is 9.92. The second-order valence-corrected chi connectivity index (χ2v) is 7.53. The van der Waals surface area contributed by atoms with Crippen molar-refractivity contribution in [2.24, 2.45) is 17.8 Å². The summed E-state index contributed by atoms with van der Waals surface area (Å²) in [7, 11) is 0. The van der Waals surface area contributed by atoms with Gasteiger partial charge in [-0.05, 0) is 38.5 Å². The van der Waals surface area contributed by atoms with Crippen LogP contribution in [0.3, 0.4) is 0 Å². The van der Waals surface area contributed by atoms with Crippen molar-refractivity contribution in [2.45, 2.75) is 32.4 Å². The first-order valence-corrected chi connectivity index (χ1v) is 9.13. The summed E-state index contributed by atoms with van der Waals surface area (Å²) < 4.78 is 5.12. The topological polar surface area (TPSA) is 83.6 Å². The van der Waals surface area contributed by atoms with E-state index in [0.29, 0.717) is 30.5 Å². The first kappa shape index (κ1) is 16.4. The standard InChI is InChI=1S/C16H22N2O4S/c1-9-14(10(2)22-17-9)7-23-8-15(19)18-5-12(11-3-4-11)13(6-18)16(20)21/h11-13H,3-8H2,1-2H3,(H,20,21)/t12-,13+/m1/s1. The number of aliphatic carboxylic acids is 1. The van der Waals surface area contributed by atoms with Crippen LogP contribution in [0.1, 0.15) is 29.9 Å². The number of nitrogens with zero attached hydrogens (tertiary/aromatic N) is 2. The first-order chi connectivity index (χ1) is 11.0. The number of carbonyl (C=O) groups is 2. The molecule has 1 aliphatic heterocycles. The molecule has 7 heteroatoms. The molecule has 2 atom stereocenters. The monoisotopic (exact) mass is 338 g/mol. The molecule has 1 N–H and O–H groups in total. The number of rotatable bonds is 6. The third-order valence-corrected chi connectivity index (χ3v) is 5.86. The van der Waals surface area contributed by atoms with Crippen LogP contribution in [0.4, 0.5) is 0 Å². The third kappa shape index (κ3) is 3.54. The van der Waals surface area contributed by atoms with E-state index in [1.54, 1.807) is 4.90 Å². The smallest absolute Gasteiger partial charge is 0.308 e. The molecule has 1 saturated carbocycles. The predicted octanol–water partition coefficient (Wildman–Crippen LogP) is 2.09. The summed E-state index contributed by atoms with van der Waals surface area (Å²) in [6.07, 6.45) is 2.22. The molecule has 0 bridgehead atoms. The molecule has 2 aliphatic rings. The van der Waals surface area contributed by atoms with E-state index in [1.165, 1.54) is 11.8 Å². The van der Waals surface area contributed by atoms with Crippen molar-refractivity contribution in [1.82, 2.24) is 10.1 Å². The minimum Gasteiger partial charge on any atom is -0.481 e. The van der Waals surface area contributed by atoms with Gasteiger partial charge in [-0.2, -0.15) is 0 Å². The van der Waals surface area contributed by atoms with E-state index >= 15 is 0 Å². The Kier molecular flexibility index (Phi) is 4.66. The van der Waals surface area contributed by atoms with Gasteiger partial charge >= 0.3 is 5.97 Å². The van der Waals surface area contributed by atoms with Gasteiger partial charge in [-0.1, -0.05) is 5.16 Å². The highest BCUT2D eigenvalue weighted by atomic mass is 32.2. The molecule has 3 rings (SSSR count). The number of likely N-dealkylation sites (tertiary alicyclic amines) is 1. The number of hydrogen-bond acceptors (Lipinski definition) is 5. The number of aromatic nitrogens is 1. The fourth-order valence-electron chi connectivity index (χ4n) is 3.34. The maximum absolute atomic E-state index is 12.4. The van der Waals surface area contributed by atoms with Crippen LogP contribution in [-0.4, -0.2) is 45.9 Å². The van der Waals surface area contributed by atoms with Gasteiger partial charge in [0.25, 0.3) is 0 Å². The summed E-state index contributed by atoms with van der Waals surface area (Å²) in [6, 6.07) is 0. The molecule has 126 valence electrons. The van der Waals surface area contributed by atoms with Crippen molar-refractivity contribution in [3.63, 3.8) is 0 Å². The summed E-state index contributed by atoms with van der Waals surface area (Å²) in [4.78, 5) is 25.5. The molecule has 1 saturated heterocycles. The molecular formula is C16H22N2O4S. The summed E-state index contributed by atoms with van der Waals surface area (Å²) in [5.41, 5.74) is 1.91. The van der Waals surface area contributed by atoms with Crippen molar-refractivity contribution in [3.8, 4) is 0 Å². The van der Waals surface area contributed by atoms with Crippen molar-refractivity contribution in [3.05, 3.63) is 17.0 Å². The molecule has 0 spiro atoms. The molecule has 0 aromatic carbocycles. The lowest BCUT2D eigenvalue weighted by molar-refractivity contribution is -0.142. The number of carbonyl (C=O) groups excluding carboxylic acids is 1. The largest absolute Gasteiger partial charge is 0.481 e. The lowest BCUT2D eigenvalue weighted by Gasteiger charge is -2.16. The SMILES string of the molecule is Cc1noc(C)c1CSCC(=O)N1C[C@H](C(=O)O)[C@@H](C2CC2)C1. The van der Waals surface area contributed by atoms with Crippen LogP contribution >= 0.6 is 11.8 Å². The number of carboxylic acids is 1. The van der Waals surface area contributed by atoms with Gasteiger partial charge in [0.2, 0.25) is 5.91 Å². The lowest BCUT2D eigenvalue weighted by Crippen LogP contribution is -2.31. The highest BCUT2D eigenvalue weighted by Gasteiger charge is 2.46. The Morgan fingerprint density at radius 3 is 2.65 bits per heavy atom. The van der Waals surface area contributed by atoms with Gasteiger partial charge in [-0.3, -0.25) is 9.59 Å². The Morgan fingerprint density at radius 1 is 1.35 bits per heavy atom. The molecule has 6 nitrogen and oxygen atoms in total. The van der Waals surface area contributed by atoms with Gasteiger partial charge in [-0.15, -0.1) is 11.8 Å². The van der Waals surface area contributed by atoms with Crippen molar-refractivity contribution < 1.29 is 19.2 Å². The van der Waals surface area contributed by atoms with Crippen molar-refractivity contribution in [2.75, 3.05) is 18.8 Å². The molecule has 23 heavy (non-hydrogen) atoms. The maximum Gasteiger partial charge on any atom is 0.308 e. The van der Waals surface area contributed by atoms with Gasteiger partial charge < -0.3 is 14.5 Å². The minimum atomic E-state index is -0.763. The molecule has 1 aromatic rings. The van der Waals surface area contributed by atoms with Gasteiger partial charge in [0.15, 0.2) is 0 Å². The minimum absolute atomic E-state index is 0.0381. The Labute approximate surface area is 139 Å². The number of carboxylic acid groups (broad SMARTS) is 1. The molecular weight excluding hydrogens is 316 g/mol. The Morgan fingerprint density at radius 2 is 2.09 bits per heavy atom. The second kappa shape index (κ2) is 6.55. The Balaban J connectivity index is 1.51. The fraction of sp³-hybridized carbons (Fsp3) is 0.688. The quantitative estimate of drug-likeness (QED) is 0.855. The van der Waals surface area contributed by atoms with Gasteiger partial charge in [0, 0.05) is 24.4 Å². The summed E-state index contributed by atoms with van der Waals surface area (Å²) >= 11 is 1.53. The Bertz CT molecular complexity index is 592. The van der Waals surface area contributed by atoms with Crippen LogP contribution < -0.4 is 0 Å². The fourth-order valence-corrected chi connectivity index (χ4v) is 4.41. The summed E-state index contributed by atoms with van der Waals surface area (Å²) in [5.74, 6) is 1.38. The number of thioether (sulfide) groups is 1. The van der Waals surface area contributed by atoms with E-state index in [-0.39, 0.29) is 17.7 Å². The van der Waals surface area contributed by atoms with Crippen LogP contribution in [0.25, 0.3) is 0 Å². The normalized spacial score (nSPS) is 24.2. The van der Waals surface area contributed by atoms with Crippen LogP contribution in [-0.2, 0) is 15.3 Å². The molecule has 0 unspecified atom stereocenters. The first-order valence-electron chi connectivity index (χ1n) is 7.97. The highest BCUT2D eigenvalue weighted by molar-refractivity contribution is 7.99. The van der Waals surface area contributed by atoms with E-state index < -0.39 is 5.97 Å². The number of aryl methyl sites for hydroxylation is 2. The molecule has 1 amide bonds. The average Bonchev–Trinajstić information content (AvgIpc) is 3.18. The van der Waals surface area contributed by atoms with Crippen LogP contribution in [0.5, 0.6) is 0 Å². The number of hydrogen-bond donors (Lipinski definition) is 1. The van der Waals surface area contributed by atoms with E-state index in [4.69, 9.17) is 4.52 Å². The molecule has 2 heterocycles. The zero-order valence-corrected chi connectivity index (χ0v) is 14.3. The number of amides is 1. The van der Waals surface area contributed by atoms with E-state index in [1.807, 2.05) is 13.8 Å². The molecule has 1 aliphatic carbocycles. The molecule has 2 fully saturated rings. The van der Waals surface area contributed by atoms with Crippen molar-refractivity contribution >= 4 is 23.6 Å². The summed E-state index contributed by atoms with van der Waals surface area (Å²) in [5, 5.41) is 13.3. The Hall–Kier alpha value is -1.50. The van der Waals surface area contributed by atoms with Gasteiger partial charge in [0.1, 0.15) is 5.76 Å². The van der Waals surface area contributed by atoms with E-state index in [9.17, 15) is 14.7 Å². The molecule has 1 aromatic heterocycles. The van der Waals surface area contributed by atoms with Crippen LogP contribution in [0, 0.1) is 31.6 Å². The van der Waals surface area contributed by atoms with Gasteiger partial charge in [-0.25, -0.2) is 0 Å². The molecule has 0 radical (unpaired) electrons. The van der Waals surface area contributed by atoms with E-state index in [2.05, 4.69) is 5.16 Å². The second-order valence-electron chi connectivity index (χ2n) is 6.54.